The van der Waals surface area contributed by atoms with Crippen molar-refractivity contribution < 1.29 is 9.59 Å². The Labute approximate surface area is 181 Å². The molecule has 4 atom stereocenters. The van der Waals surface area contributed by atoms with Gasteiger partial charge in [-0.3, -0.25) is 4.79 Å². The minimum Gasteiger partial charge on any atom is -0.348 e. The molecule has 1 unspecified atom stereocenters. The van der Waals surface area contributed by atoms with Crippen molar-refractivity contribution in [1.82, 2.24) is 20.1 Å². The first-order valence-electron chi connectivity index (χ1n) is 10.9. The minimum absolute atomic E-state index is 0.00614. The number of amides is 3. The summed E-state index contributed by atoms with van der Waals surface area (Å²) >= 11 is 1.94. The van der Waals surface area contributed by atoms with Crippen molar-refractivity contribution in [3.8, 4) is 0 Å². The number of rotatable bonds is 6. The van der Waals surface area contributed by atoms with Crippen molar-refractivity contribution in [3.63, 3.8) is 0 Å². The average molecular weight is 425 g/mol. The quantitative estimate of drug-likeness (QED) is 0.553. The number of benzene rings is 1. The predicted molar refractivity (Wildman–Crippen MR) is 118 cm³/mol. The number of unbranched alkanes of at least 4 members (excludes halogenated alkanes) is 1. The molecule has 0 bridgehead atoms. The maximum Gasteiger partial charge on any atom is 0.315 e. The summed E-state index contributed by atoms with van der Waals surface area (Å²) in [6.45, 7) is 1.60. The van der Waals surface area contributed by atoms with E-state index in [9.17, 15) is 9.59 Å². The number of carbonyl (C=O) groups is 2. The van der Waals surface area contributed by atoms with Gasteiger partial charge in [-0.05, 0) is 30.5 Å². The Hall–Kier alpha value is -2.41. The molecule has 0 spiro atoms. The Morgan fingerprint density at radius 1 is 1.07 bits per heavy atom. The van der Waals surface area contributed by atoms with Gasteiger partial charge in [0.05, 0.1) is 18.1 Å². The van der Waals surface area contributed by atoms with Gasteiger partial charge in [-0.2, -0.15) is 11.8 Å². The third kappa shape index (κ3) is 3.71. The number of nitrogens with zero attached hydrogens (tertiary/aromatic N) is 2. The maximum absolute atomic E-state index is 13.2. The molecule has 1 aromatic carbocycles. The van der Waals surface area contributed by atoms with Crippen LogP contribution in [-0.4, -0.2) is 51.0 Å². The van der Waals surface area contributed by atoms with E-state index in [0.29, 0.717) is 11.7 Å². The van der Waals surface area contributed by atoms with Gasteiger partial charge in [0, 0.05) is 42.4 Å². The summed E-state index contributed by atoms with van der Waals surface area (Å²) in [5, 5.41) is 6.50. The van der Waals surface area contributed by atoms with Gasteiger partial charge in [0.15, 0.2) is 0 Å². The molecule has 2 saturated heterocycles. The summed E-state index contributed by atoms with van der Waals surface area (Å²) in [5.74, 6) is 1.23. The molecule has 2 fully saturated rings. The van der Waals surface area contributed by atoms with Crippen LogP contribution in [0.3, 0.4) is 0 Å². The fourth-order valence-electron chi connectivity index (χ4n) is 5.05. The lowest BCUT2D eigenvalue weighted by molar-refractivity contribution is -0.134. The number of nitrogens with one attached hydrogen (secondary N) is 2. The third-order valence-corrected chi connectivity index (χ3v) is 8.05. The van der Waals surface area contributed by atoms with Gasteiger partial charge in [0.25, 0.3) is 0 Å². The largest absolute Gasteiger partial charge is 0.348 e. The van der Waals surface area contributed by atoms with E-state index in [4.69, 9.17) is 0 Å². The summed E-state index contributed by atoms with van der Waals surface area (Å²) in [6, 6.07) is 15.0. The second-order valence-corrected chi connectivity index (χ2v) is 9.67. The summed E-state index contributed by atoms with van der Waals surface area (Å²) in [4.78, 5) is 26.8. The van der Waals surface area contributed by atoms with Crippen LogP contribution in [0, 0.1) is 0 Å². The first-order valence-corrected chi connectivity index (χ1v) is 11.9. The van der Waals surface area contributed by atoms with E-state index < -0.39 is 0 Å². The van der Waals surface area contributed by atoms with Crippen molar-refractivity contribution in [2.45, 2.75) is 55.6 Å². The number of hydrogen-bond donors (Lipinski definition) is 2. The van der Waals surface area contributed by atoms with Crippen LogP contribution in [0.15, 0.2) is 48.7 Å². The molecule has 6 nitrogen and oxygen atoms in total. The van der Waals surface area contributed by atoms with Crippen molar-refractivity contribution in [3.05, 3.63) is 59.9 Å². The zero-order valence-electron chi connectivity index (χ0n) is 17.0. The molecule has 1 aromatic heterocycles. The van der Waals surface area contributed by atoms with E-state index in [1.807, 2.05) is 30.0 Å². The third-order valence-electron chi connectivity index (χ3n) is 6.54. The second-order valence-electron chi connectivity index (χ2n) is 8.39. The van der Waals surface area contributed by atoms with Crippen LogP contribution in [0.5, 0.6) is 0 Å². The van der Waals surface area contributed by atoms with Crippen LogP contribution < -0.4 is 10.6 Å². The number of hydrogen-bond acceptors (Lipinski definition) is 3. The normalized spacial score (nSPS) is 27.3. The van der Waals surface area contributed by atoms with Crippen molar-refractivity contribution in [1.29, 1.82) is 0 Å². The molecule has 0 saturated carbocycles. The number of fused-ring (bicyclic) bond motifs is 2. The highest BCUT2D eigenvalue weighted by Crippen LogP contribution is 2.35. The average Bonchev–Trinajstić information content (AvgIpc) is 3.47. The molecule has 4 heterocycles. The fourth-order valence-corrected chi connectivity index (χ4v) is 6.59. The molecule has 2 N–H and O–H groups in total. The molecule has 3 aliphatic rings. The first-order chi connectivity index (χ1) is 14.7. The number of urea groups is 1. The van der Waals surface area contributed by atoms with Crippen molar-refractivity contribution >= 4 is 23.7 Å². The lowest BCUT2D eigenvalue weighted by Gasteiger charge is -2.37. The molecule has 7 heteroatoms. The summed E-state index contributed by atoms with van der Waals surface area (Å²) in [7, 11) is 0. The van der Waals surface area contributed by atoms with Crippen molar-refractivity contribution in [2.75, 3.05) is 12.3 Å². The molecule has 0 aliphatic carbocycles. The number of thioether (sulfide) groups is 1. The van der Waals surface area contributed by atoms with Gasteiger partial charge in [-0.25, -0.2) is 4.79 Å². The van der Waals surface area contributed by atoms with Gasteiger partial charge in [0.1, 0.15) is 0 Å². The summed E-state index contributed by atoms with van der Waals surface area (Å²) in [6.07, 6.45) is 5.65. The Balaban J connectivity index is 1.19. The zero-order chi connectivity index (χ0) is 20.5. The molecular formula is C23H28N4O2S. The van der Waals surface area contributed by atoms with Gasteiger partial charge in [0.2, 0.25) is 5.91 Å². The summed E-state index contributed by atoms with van der Waals surface area (Å²) in [5.41, 5.74) is 2.36. The highest BCUT2D eigenvalue weighted by atomic mass is 32.2. The Morgan fingerprint density at radius 2 is 1.93 bits per heavy atom. The lowest BCUT2D eigenvalue weighted by atomic mass is 9.98. The molecule has 158 valence electrons. The minimum atomic E-state index is -0.0349. The van der Waals surface area contributed by atoms with Crippen LogP contribution in [0.4, 0.5) is 4.79 Å². The Bertz CT molecular complexity index is 915. The van der Waals surface area contributed by atoms with E-state index in [1.165, 1.54) is 11.3 Å². The molecular weight excluding hydrogens is 396 g/mol. The van der Waals surface area contributed by atoms with Crippen molar-refractivity contribution in [2.24, 2.45) is 0 Å². The molecule has 5 rings (SSSR count). The van der Waals surface area contributed by atoms with Crippen LogP contribution in [0.1, 0.15) is 43.0 Å². The topological polar surface area (TPSA) is 66.4 Å². The lowest BCUT2D eigenvalue weighted by Crippen LogP contribution is -2.42. The van der Waals surface area contributed by atoms with Crippen LogP contribution in [0.25, 0.3) is 0 Å². The molecule has 2 aromatic rings. The molecule has 30 heavy (non-hydrogen) atoms. The van der Waals surface area contributed by atoms with Crippen LogP contribution >= 0.6 is 11.8 Å². The fraction of sp³-hybridized carbons (Fsp3) is 0.478. The number of carbonyl (C=O) groups excluding carboxylic acids is 2. The molecule has 3 amide bonds. The van der Waals surface area contributed by atoms with Gasteiger partial charge < -0.3 is 20.1 Å². The zero-order valence-corrected chi connectivity index (χ0v) is 17.8. The van der Waals surface area contributed by atoms with E-state index in [-0.39, 0.29) is 30.1 Å². The van der Waals surface area contributed by atoms with Gasteiger partial charge in [-0.15, -0.1) is 0 Å². The highest BCUT2D eigenvalue weighted by molar-refractivity contribution is 8.00. The van der Waals surface area contributed by atoms with Gasteiger partial charge in [-0.1, -0.05) is 36.8 Å². The van der Waals surface area contributed by atoms with Gasteiger partial charge >= 0.3 is 6.03 Å². The van der Waals surface area contributed by atoms with E-state index in [2.05, 4.69) is 50.6 Å². The number of aromatic nitrogens is 1. The van der Waals surface area contributed by atoms with E-state index in [1.54, 1.807) is 0 Å². The molecule has 0 radical (unpaired) electrons. The summed E-state index contributed by atoms with van der Waals surface area (Å²) < 4.78 is 2.26. The van der Waals surface area contributed by atoms with Crippen LogP contribution in [-0.2, 0) is 11.3 Å². The maximum atomic E-state index is 13.2. The smallest absolute Gasteiger partial charge is 0.315 e. The first kappa shape index (κ1) is 19.5. The standard InChI is InChI=1S/C23H28N4O2S/c28-20(11-5-4-10-19-21-17(15-30-19)24-23(29)25-21)27-14-13-26-12-6-9-18(26)22(27)16-7-2-1-3-8-16/h1-3,6-9,12,17,19,21-22H,4-5,10-11,13-15H2,(H2,24,25,29)/t17-,19-,21-,22?/m0/s1. The SMILES string of the molecule is O=C1N[C@H]2[C@H](CS[C@H]2CCCCC(=O)N2CCn3cccc3C2c2ccccc2)N1. The Morgan fingerprint density at radius 3 is 2.80 bits per heavy atom. The monoisotopic (exact) mass is 424 g/mol. The molecule has 3 aliphatic heterocycles. The van der Waals surface area contributed by atoms with Crippen LogP contribution in [0.2, 0.25) is 0 Å². The van der Waals surface area contributed by atoms with E-state index in [0.717, 1.165) is 38.1 Å². The van der Waals surface area contributed by atoms with E-state index >= 15 is 0 Å². The predicted octanol–water partition coefficient (Wildman–Crippen LogP) is 3.15. The highest BCUT2D eigenvalue weighted by Gasteiger charge is 2.42. The second kappa shape index (κ2) is 8.38. The Kier molecular flexibility index (Phi) is 5.46.